The molecular weight excluding hydrogens is 293 g/mol. The Morgan fingerprint density at radius 1 is 1.20 bits per heavy atom. The summed E-state index contributed by atoms with van der Waals surface area (Å²) >= 11 is 0. The van der Waals surface area contributed by atoms with Crippen LogP contribution >= 0.6 is 0 Å². The van der Waals surface area contributed by atoms with Gasteiger partial charge in [0.25, 0.3) is 0 Å². The number of hydrogen-bond donors (Lipinski definition) is 1. The van der Waals surface area contributed by atoms with Crippen LogP contribution in [0.3, 0.4) is 0 Å². The molecule has 1 aromatic carbocycles. The monoisotopic (exact) mass is 306 g/mol. The van der Waals surface area contributed by atoms with Crippen molar-refractivity contribution in [3.05, 3.63) is 29.6 Å². The fraction of sp³-hybridized carbons (Fsp3) is 0.417. The van der Waals surface area contributed by atoms with Gasteiger partial charge in [-0.25, -0.2) is 21.6 Å². The Balaban J connectivity index is 3.36. The minimum absolute atomic E-state index is 0.115. The fourth-order valence-electron chi connectivity index (χ4n) is 1.67. The summed E-state index contributed by atoms with van der Waals surface area (Å²) < 4.78 is 65.8. The third kappa shape index (κ3) is 3.11. The molecule has 0 atom stereocenters. The van der Waals surface area contributed by atoms with E-state index in [-0.39, 0.29) is 25.0 Å². The number of sulfonamides is 1. The van der Waals surface area contributed by atoms with Crippen LogP contribution in [0.2, 0.25) is 0 Å². The Hall–Kier alpha value is -1.59. The van der Waals surface area contributed by atoms with E-state index in [2.05, 4.69) is 0 Å². The number of nitrogens with zero attached hydrogens (tertiary/aromatic N) is 1. The van der Waals surface area contributed by atoms with Gasteiger partial charge < -0.3 is 0 Å². The summed E-state index contributed by atoms with van der Waals surface area (Å²) in [6.45, 7) is 3.12. The number of hydrogen-bond acceptors (Lipinski definition) is 3. The SMILES string of the molecule is CCC(C#N)(CC)NS(=O)(=O)c1c(F)cc(F)cc1F. The molecule has 0 spiro atoms. The van der Waals surface area contributed by atoms with Crippen LogP contribution in [0.5, 0.6) is 0 Å². The standard InChI is InChI=1S/C12H13F3N2O2S/c1-3-12(4-2,7-16)17-20(18,19)11-9(14)5-8(13)6-10(11)15/h5-6,17H,3-4H2,1-2H3. The molecule has 1 rings (SSSR count). The average Bonchev–Trinajstić information content (AvgIpc) is 2.34. The largest absolute Gasteiger partial charge is 0.247 e. The second kappa shape index (κ2) is 5.81. The molecule has 20 heavy (non-hydrogen) atoms. The molecular formula is C12H13F3N2O2S. The van der Waals surface area contributed by atoms with Crippen LogP contribution in [0.15, 0.2) is 17.0 Å². The highest BCUT2D eigenvalue weighted by molar-refractivity contribution is 7.89. The molecule has 0 amide bonds. The van der Waals surface area contributed by atoms with E-state index >= 15 is 0 Å². The summed E-state index contributed by atoms with van der Waals surface area (Å²) in [5.41, 5.74) is -1.47. The van der Waals surface area contributed by atoms with Gasteiger partial charge in [0, 0.05) is 12.1 Å². The van der Waals surface area contributed by atoms with Crippen molar-refractivity contribution in [1.82, 2.24) is 4.72 Å². The Bertz CT molecular complexity index is 626. The van der Waals surface area contributed by atoms with Crippen molar-refractivity contribution in [3.63, 3.8) is 0 Å². The van der Waals surface area contributed by atoms with E-state index in [1.807, 2.05) is 4.72 Å². The maximum atomic E-state index is 13.5. The molecule has 1 N–H and O–H groups in total. The maximum Gasteiger partial charge on any atom is 0.247 e. The van der Waals surface area contributed by atoms with Gasteiger partial charge in [0.2, 0.25) is 10.0 Å². The molecule has 0 fully saturated rings. The van der Waals surface area contributed by atoms with Crippen LogP contribution in [0.25, 0.3) is 0 Å². The summed E-state index contributed by atoms with van der Waals surface area (Å²) in [4.78, 5) is -1.29. The van der Waals surface area contributed by atoms with Crippen LogP contribution in [-0.4, -0.2) is 14.0 Å². The summed E-state index contributed by atoms with van der Waals surface area (Å²) in [6, 6.07) is 2.32. The van der Waals surface area contributed by atoms with Gasteiger partial charge in [0.1, 0.15) is 23.0 Å². The Morgan fingerprint density at radius 3 is 2.00 bits per heavy atom. The molecule has 0 heterocycles. The average molecular weight is 306 g/mol. The number of benzene rings is 1. The molecule has 0 saturated carbocycles. The highest BCUT2D eigenvalue weighted by Gasteiger charge is 2.35. The van der Waals surface area contributed by atoms with Crippen LogP contribution in [-0.2, 0) is 10.0 Å². The van der Waals surface area contributed by atoms with Gasteiger partial charge in [-0.2, -0.15) is 9.98 Å². The molecule has 0 radical (unpaired) electrons. The van der Waals surface area contributed by atoms with E-state index in [1.54, 1.807) is 19.9 Å². The number of halogens is 3. The van der Waals surface area contributed by atoms with Gasteiger partial charge in [0.05, 0.1) is 6.07 Å². The minimum atomic E-state index is -4.62. The first kappa shape index (κ1) is 16.5. The van der Waals surface area contributed by atoms with Crippen molar-refractivity contribution in [2.75, 3.05) is 0 Å². The van der Waals surface area contributed by atoms with Gasteiger partial charge in [-0.3, -0.25) is 0 Å². The smallest absolute Gasteiger partial charge is 0.207 e. The van der Waals surface area contributed by atoms with E-state index in [0.29, 0.717) is 0 Å². The van der Waals surface area contributed by atoms with Crippen LogP contribution < -0.4 is 4.72 Å². The molecule has 0 aliphatic heterocycles. The first-order chi connectivity index (χ1) is 9.21. The molecule has 4 nitrogen and oxygen atoms in total. The molecule has 0 saturated heterocycles. The second-order valence-electron chi connectivity index (χ2n) is 4.21. The van der Waals surface area contributed by atoms with Crippen LogP contribution in [0, 0.1) is 28.8 Å². The number of rotatable bonds is 5. The molecule has 0 aliphatic rings. The highest BCUT2D eigenvalue weighted by Crippen LogP contribution is 2.23. The number of nitrogens with one attached hydrogen (secondary N) is 1. The molecule has 0 aliphatic carbocycles. The van der Waals surface area contributed by atoms with E-state index in [4.69, 9.17) is 5.26 Å². The predicted molar refractivity (Wildman–Crippen MR) is 65.6 cm³/mol. The molecule has 0 unspecified atom stereocenters. The lowest BCUT2D eigenvalue weighted by Crippen LogP contribution is -2.46. The minimum Gasteiger partial charge on any atom is -0.207 e. The fourth-order valence-corrected chi connectivity index (χ4v) is 3.25. The quantitative estimate of drug-likeness (QED) is 0.908. The number of nitriles is 1. The predicted octanol–water partition coefficient (Wildman–Crippen LogP) is 2.46. The Labute approximate surface area is 115 Å². The van der Waals surface area contributed by atoms with Crippen molar-refractivity contribution in [3.8, 4) is 6.07 Å². The third-order valence-corrected chi connectivity index (χ3v) is 4.57. The Kier molecular flexibility index (Phi) is 4.78. The highest BCUT2D eigenvalue weighted by atomic mass is 32.2. The van der Waals surface area contributed by atoms with E-state index < -0.39 is 37.9 Å². The van der Waals surface area contributed by atoms with Gasteiger partial charge >= 0.3 is 0 Å². The third-order valence-electron chi connectivity index (χ3n) is 2.98. The van der Waals surface area contributed by atoms with Gasteiger partial charge in [-0.1, -0.05) is 13.8 Å². The lowest BCUT2D eigenvalue weighted by molar-refractivity contribution is 0.438. The van der Waals surface area contributed by atoms with Gasteiger partial charge in [0.15, 0.2) is 4.90 Å². The van der Waals surface area contributed by atoms with Gasteiger partial charge in [-0.05, 0) is 12.8 Å². The van der Waals surface area contributed by atoms with Gasteiger partial charge in [-0.15, -0.1) is 0 Å². The Morgan fingerprint density at radius 2 is 1.65 bits per heavy atom. The molecule has 1 aromatic rings. The topological polar surface area (TPSA) is 70.0 Å². The first-order valence-corrected chi connectivity index (χ1v) is 7.29. The molecule has 110 valence electrons. The van der Waals surface area contributed by atoms with Crippen LogP contribution in [0.1, 0.15) is 26.7 Å². The van der Waals surface area contributed by atoms with E-state index in [9.17, 15) is 21.6 Å². The first-order valence-electron chi connectivity index (χ1n) is 5.81. The normalized spacial score (nSPS) is 12.2. The lowest BCUT2D eigenvalue weighted by atomic mass is 9.97. The lowest BCUT2D eigenvalue weighted by Gasteiger charge is -2.24. The summed E-state index contributed by atoms with van der Waals surface area (Å²) in [5.74, 6) is -4.32. The zero-order valence-corrected chi connectivity index (χ0v) is 11.7. The zero-order valence-electron chi connectivity index (χ0n) is 10.9. The summed E-state index contributed by atoms with van der Waals surface area (Å²) in [6.07, 6.45) is 0.229. The molecule has 0 aromatic heterocycles. The maximum absolute atomic E-state index is 13.5. The molecule has 8 heteroatoms. The van der Waals surface area contributed by atoms with Crippen molar-refractivity contribution in [2.45, 2.75) is 37.1 Å². The van der Waals surface area contributed by atoms with Crippen molar-refractivity contribution >= 4 is 10.0 Å². The van der Waals surface area contributed by atoms with E-state index in [0.717, 1.165) is 0 Å². The van der Waals surface area contributed by atoms with Crippen molar-refractivity contribution in [2.24, 2.45) is 0 Å². The van der Waals surface area contributed by atoms with E-state index in [1.165, 1.54) is 0 Å². The zero-order chi connectivity index (χ0) is 15.6. The van der Waals surface area contributed by atoms with Crippen molar-refractivity contribution < 1.29 is 21.6 Å². The van der Waals surface area contributed by atoms with Crippen LogP contribution in [0.4, 0.5) is 13.2 Å². The molecule has 0 bridgehead atoms. The van der Waals surface area contributed by atoms with Crippen molar-refractivity contribution in [1.29, 1.82) is 5.26 Å². The summed E-state index contributed by atoms with van der Waals surface area (Å²) in [7, 11) is -4.62. The summed E-state index contributed by atoms with van der Waals surface area (Å²) in [5, 5.41) is 9.05. The second-order valence-corrected chi connectivity index (χ2v) is 5.82.